The molecule has 2 rings (SSSR count). The normalized spacial score (nSPS) is 29.1. The first kappa shape index (κ1) is 9.65. The second-order valence-corrected chi connectivity index (χ2v) is 5.27. The van der Waals surface area contributed by atoms with Crippen molar-refractivity contribution >= 4 is 27.3 Å². The summed E-state index contributed by atoms with van der Waals surface area (Å²) in [5.41, 5.74) is 0.00887. The van der Waals surface area contributed by atoms with Gasteiger partial charge in [-0.2, -0.15) is 0 Å². The molecule has 1 fully saturated rings. The van der Waals surface area contributed by atoms with E-state index in [2.05, 4.69) is 39.6 Å². The van der Waals surface area contributed by atoms with Crippen LogP contribution in [0.4, 0.5) is 0 Å². The molecule has 1 aromatic rings. The van der Waals surface area contributed by atoms with E-state index in [4.69, 9.17) is 4.74 Å². The zero-order chi connectivity index (χ0) is 9.31. The van der Waals surface area contributed by atoms with E-state index in [1.165, 1.54) is 4.88 Å². The van der Waals surface area contributed by atoms with Crippen LogP contribution in [-0.2, 0) is 10.3 Å². The van der Waals surface area contributed by atoms with Crippen LogP contribution in [0.1, 0.15) is 11.8 Å². The van der Waals surface area contributed by atoms with Crippen molar-refractivity contribution in [1.29, 1.82) is 0 Å². The smallest absolute Gasteiger partial charge is 0.0738 e. The molecule has 0 aromatic carbocycles. The number of morpholine rings is 1. The Kier molecular flexibility index (Phi) is 2.74. The second-order valence-electron chi connectivity index (χ2n) is 3.44. The van der Waals surface area contributed by atoms with Crippen LogP contribution in [0.3, 0.4) is 0 Å². The van der Waals surface area contributed by atoms with Gasteiger partial charge in [0.1, 0.15) is 0 Å². The number of halogens is 1. The van der Waals surface area contributed by atoms with Gasteiger partial charge in [0.05, 0.1) is 18.8 Å². The number of thiophene rings is 1. The van der Waals surface area contributed by atoms with Crippen LogP contribution in [0.25, 0.3) is 0 Å². The van der Waals surface area contributed by atoms with Crippen molar-refractivity contribution in [3.05, 3.63) is 20.8 Å². The van der Waals surface area contributed by atoms with Crippen molar-refractivity contribution in [2.45, 2.75) is 12.5 Å². The van der Waals surface area contributed by atoms with Gasteiger partial charge >= 0.3 is 0 Å². The highest BCUT2D eigenvalue weighted by atomic mass is 79.9. The Morgan fingerprint density at radius 3 is 3.08 bits per heavy atom. The van der Waals surface area contributed by atoms with Gasteiger partial charge in [0.2, 0.25) is 0 Å². The summed E-state index contributed by atoms with van der Waals surface area (Å²) in [5, 5.41) is 5.60. The Balaban J connectivity index is 2.22. The topological polar surface area (TPSA) is 21.3 Å². The lowest BCUT2D eigenvalue weighted by Gasteiger charge is -2.33. The highest BCUT2D eigenvalue weighted by molar-refractivity contribution is 9.10. The average Bonchev–Trinajstić information content (AvgIpc) is 2.54. The van der Waals surface area contributed by atoms with Gasteiger partial charge in [0.25, 0.3) is 0 Å². The van der Waals surface area contributed by atoms with Gasteiger partial charge in [-0.1, -0.05) is 0 Å². The predicted molar refractivity (Wildman–Crippen MR) is 58.2 cm³/mol. The molecule has 2 heterocycles. The molecule has 0 amide bonds. The first-order chi connectivity index (χ1) is 6.21. The average molecular weight is 262 g/mol. The maximum atomic E-state index is 5.48. The molecule has 1 aliphatic rings. The van der Waals surface area contributed by atoms with Crippen molar-refractivity contribution in [2.75, 3.05) is 19.8 Å². The van der Waals surface area contributed by atoms with Gasteiger partial charge < -0.3 is 10.1 Å². The largest absolute Gasteiger partial charge is 0.378 e. The minimum absolute atomic E-state index is 0.00887. The number of hydrogen-bond acceptors (Lipinski definition) is 3. The summed E-state index contributed by atoms with van der Waals surface area (Å²) in [6, 6.07) is 2.16. The highest BCUT2D eigenvalue weighted by Gasteiger charge is 2.30. The van der Waals surface area contributed by atoms with E-state index in [9.17, 15) is 0 Å². The van der Waals surface area contributed by atoms with Gasteiger partial charge in [-0.15, -0.1) is 11.3 Å². The summed E-state index contributed by atoms with van der Waals surface area (Å²) < 4.78 is 6.63. The van der Waals surface area contributed by atoms with Crippen LogP contribution in [-0.4, -0.2) is 19.8 Å². The zero-order valence-corrected chi connectivity index (χ0v) is 9.87. The number of hydrogen-bond donors (Lipinski definition) is 1. The molecule has 1 aromatic heterocycles. The molecule has 0 spiro atoms. The highest BCUT2D eigenvalue weighted by Crippen LogP contribution is 2.31. The lowest BCUT2D eigenvalue weighted by atomic mass is 10.0. The minimum atomic E-state index is 0.00887. The fourth-order valence-corrected chi connectivity index (χ4v) is 3.04. The molecule has 1 saturated heterocycles. The SMILES string of the molecule is CC1(c2cc(Br)cs2)COCCN1. The van der Waals surface area contributed by atoms with Gasteiger partial charge in [-0.3, -0.25) is 0 Å². The van der Waals surface area contributed by atoms with Gasteiger partial charge in [-0.25, -0.2) is 0 Å². The quantitative estimate of drug-likeness (QED) is 0.838. The van der Waals surface area contributed by atoms with E-state index >= 15 is 0 Å². The Labute approximate surface area is 90.4 Å². The third-order valence-electron chi connectivity index (χ3n) is 2.26. The molecule has 0 radical (unpaired) electrons. The first-order valence-corrected chi connectivity index (χ1v) is 5.95. The van der Waals surface area contributed by atoms with Gasteiger partial charge in [-0.05, 0) is 28.9 Å². The first-order valence-electron chi connectivity index (χ1n) is 4.28. The fourth-order valence-electron chi connectivity index (χ4n) is 1.49. The van der Waals surface area contributed by atoms with Gasteiger partial charge in [0.15, 0.2) is 0 Å². The molecule has 1 N–H and O–H groups in total. The van der Waals surface area contributed by atoms with Crippen LogP contribution in [0.2, 0.25) is 0 Å². The third kappa shape index (κ3) is 1.96. The molecule has 0 aliphatic carbocycles. The summed E-state index contributed by atoms with van der Waals surface area (Å²) in [6.07, 6.45) is 0. The van der Waals surface area contributed by atoms with Crippen molar-refractivity contribution in [3.8, 4) is 0 Å². The summed E-state index contributed by atoms with van der Waals surface area (Å²) >= 11 is 5.23. The number of rotatable bonds is 1. The van der Waals surface area contributed by atoms with E-state index in [-0.39, 0.29) is 5.54 Å². The number of nitrogens with one attached hydrogen (secondary N) is 1. The molecule has 1 aliphatic heterocycles. The lowest BCUT2D eigenvalue weighted by Crippen LogP contribution is -2.48. The second kappa shape index (κ2) is 3.69. The molecule has 1 unspecified atom stereocenters. The summed E-state index contributed by atoms with van der Waals surface area (Å²) in [4.78, 5) is 1.33. The monoisotopic (exact) mass is 261 g/mol. The Morgan fingerprint density at radius 2 is 2.54 bits per heavy atom. The van der Waals surface area contributed by atoms with Crippen LogP contribution in [0, 0.1) is 0 Å². The number of ether oxygens (including phenoxy) is 1. The maximum absolute atomic E-state index is 5.48. The molecule has 0 saturated carbocycles. The third-order valence-corrected chi connectivity index (χ3v) is 4.22. The van der Waals surface area contributed by atoms with Crippen LogP contribution < -0.4 is 5.32 Å². The molecule has 13 heavy (non-hydrogen) atoms. The van der Waals surface area contributed by atoms with Crippen LogP contribution >= 0.6 is 27.3 Å². The van der Waals surface area contributed by atoms with E-state index in [0.717, 1.165) is 24.2 Å². The molecule has 4 heteroatoms. The summed E-state index contributed by atoms with van der Waals surface area (Å²) in [5.74, 6) is 0. The molecule has 2 nitrogen and oxygen atoms in total. The maximum Gasteiger partial charge on any atom is 0.0738 e. The van der Waals surface area contributed by atoms with Crippen molar-refractivity contribution in [3.63, 3.8) is 0 Å². The van der Waals surface area contributed by atoms with E-state index in [1.54, 1.807) is 11.3 Å². The Bertz CT molecular complexity index is 294. The molecular formula is C9H12BrNOS. The minimum Gasteiger partial charge on any atom is -0.378 e. The van der Waals surface area contributed by atoms with Crippen molar-refractivity contribution in [1.82, 2.24) is 5.32 Å². The Morgan fingerprint density at radius 1 is 1.69 bits per heavy atom. The molecule has 72 valence electrons. The molecule has 0 bridgehead atoms. The predicted octanol–water partition coefficient (Wildman–Crippen LogP) is 2.35. The van der Waals surface area contributed by atoms with Crippen LogP contribution in [0.5, 0.6) is 0 Å². The van der Waals surface area contributed by atoms with E-state index in [1.807, 2.05) is 0 Å². The van der Waals surface area contributed by atoms with Crippen molar-refractivity contribution < 1.29 is 4.74 Å². The summed E-state index contributed by atoms with van der Waals surface area (Å²) in [7, 11) is 0. The Hall–Kier alpha value is 0.1000. The standard InChI is InChI=1S/C9H12BrNOS/c1-9(6-12-3-2-11-9)8-4-7(10)5-13-8/h4-5,11H,2-3,6H2,1H3. The van der Waals surface area contributed by atoms with E-state index in [0.29, 0.717) is 0 Å². The van der Waals surface area contributed by atoms with Crippen LogP contribution in [0.15, 0.2) is 15.9 Å². The van der Waals surface area contributed by atoms with Gasteiger partial charge in [0, 0.05) is 21.3 Å². The summed E-state index contributed by atoms with van der Waals surface area (Å²) in [6.45, 7) is 4.71. The van der Waals surface area contributed by atoms with E-state index < -0.39 is 0 Å². The lowest BCUT2D eigenvalue weighted by molar-refractivity contribution is 0.0354. The zero-order valence-electron chi connectivity index (χ0n) is 7.47. The van der Waals surface area contributed by atoms with Crippen molar-refractivity contribution in [2.24, 2.45) is 0 Å². The molecular weight excluding hydrogens is 250 g/mol. The fraction of sp³-hybridized carbons (Fsp3) is 0.556. The molecule has 1 atom stereocenters.